The number of methoxy groups -OCH3 is 1. The molecule has 0 radical (unpaired) electrons. The maximum absolute atomic E-state index is 13.1. The van der Waals surface area contributed by atoms with Gasteiger partial charge in [0.15, 0.2) is 5.78 Å². The van der Waals surface area contributed by atoms with Crippen LogP contribution >= 0.6 is 0 Å². The first kappa shape index (κ1) is 18.2. The summed E-state index contributed by atoms with van der Waals surface area (Å²) in [4.78, 5) is 16.4. The van der Waals surface area contributed by atoms with E-state index in [-0.39, 0.29) is 11.7 Å². The Balaban J connectivity index is 1.81. The van der Waals surface area contributed by atoms with E-state index in [1.165, 1.54) is 0 Å². The average Bonchev–Trinajstić information content (AvgIpc) is 3.17. The lowest BCUT2D eigenvalue weighted by molar-refractivity contribution is 0.0928. The first-order valence-electron chi connectivity index (χ1n) is 9.24. The third-order valence-corrected chi connectivity index (χ3v) is 5.17. The zero-order valence-corrected chi connectivity index (χ0v) is 16.0. The van der Waals surface area contributed by atoms with Crippen molar-refractivity contribution in [3.8, 4) is 11.3 Å². The van der Waals surface area contributed by atoms with Gasteiger partial charge in [0, 0.05) is 28.9 Å². The van der Waals surface area contributed by atoms with Gasteiger partial charge >= 0.3 is 0 Å². The van der Waals surface area contributed by atoms with Gasteiger partial charge in [0.2, 0.25) is 0 Å². The van der Waals surface area contributed by atoms with Crippen LogP contribution in [0.2, 0.25) is 0 Å². The molecule has 0 saturated carbocycles. The van der Waals surface area contributed by atoms with Crippen LogP contribution in [0.15, 0.2) is 60.0 Å². The summed E-state index contributed by atoms with van der Waals surface area (Å²) < 4.78 is 5.53. The van der Waals surface area contributed by atoms with E-state index < -0.39 is 0 Å². The van der Waals surface area contributed by atoms with E-state index in [0.717, 1.165) is 40.1 Å². The van der Waals surface area contributed by atoms with Crippen molar-refractivity contribution in [2.24, 2.45) is 11.8 Å². The van der Waals surface area contributed by atoms with Gasteiger partial charge < -0.3 is 9.72 Å². The molecule has 0 aliphatic heterocycles. The van der Waals surface area contributed by atoms with E-state index in [1.807, 2.05) is 44.3 Å². The monoisotopic (exact) mass is 349 g/mol. The molecule has 3 nitrogen and oxygen atoms in total. The number of aromatic amines is 1. The van der Waals surface area contributed by atoms with Crippen LogP contribution < -0.4 is 0 Å². The first-order valence-corrected chi connectivity index (χ1v) is 9.24. The lowest BCUT2D eigenvalue weighted by atomic mass is 9.86. The van der Waals surface area contributed by atoms with E-state index >= 15 is 0 Å². The van der Waals surface area contributed by atoms with E-state index in [2.05, 4.69) is 30.1 Å². The molecule has 1 unspecified atom stereocenters. The topological polar surface area (TPSA) is 42.1 Å². The number of ether oxygens (including phenoxy) is 1. The predicted molar refractivity (Wildman–Crippen MR) is 106 cm³/mol. The van der Waals surface area contributed by atoms with Gasteiger partial charge in [-0.2, -0.15) is 0 Å². The fourth-order valence-corrected chi connectivity index (χ4v) is 3.63. The van der Waals surface area contributed by atoms with E-state index in [9.17, 15) is 4.79 Å². The van der Waals surface area contributed by atoms with Crippen LogP contribution in [0.25, 0.3) is 11.3 Å². The molecule has 0 spiro atoms. The molecule has 1 aliphatic rings. The van der Waals surface area contributed by atoms with Crippen molar-refractivity contribution in [1.29, 1.82) is 0 Å². The van der Waals surface area contributed by atoms with Crippen LogP contribution in [0.3, 0.4) is 0 Å². The Morgan fingerprint density at radius 1 is 1.31 bits per heavy atom. The number of Topliss-reactive ketones (excluding diaryl/α,β-unsaturated/α-hetero) is 1. The fourth-order valence-electron chi connectivity index (χ4n) is 3.63. The molecular formula is C23H27NO2. The molecule has 3 rings (SSSR count). The van der Waals surface area contributed by atoms with Crippen molar-refractivity contribution < 1.29 is 9.53 Å². The van der Waals surface area contributed by atoms with Crippen molar-refractivity contribution in [2.45, 2.75) is 33.6 Å². The molecule has 26 heavy (non-hydrogen) atoms. The smallest absolute Gasteiger partial charge is 0.166 e. The second-order valence-corrected chi connectivity index (χ2v) is 7.21. The molecule has 3 heteroatoms. The molecule has 0 fully saturated rings. The summed E-state index contributed by atoms with van der Waals surface area (Å²) in [5.41, 5.74) is 5.09. The van der Waals surface area contributed by atoms with Crippen LogP contribution in [-0.2, 0) is 4.74 Å². The highest BCUT2D eigenvalue weighted by molar-refractivity contribution is 6.00. The summed E-state index contributed by atoms with van der Waals surface area (Å²) in [5, 5.41) is 0. The number of carbonyl (C=O) groups excluding carboxylic acids is 1. The molecule has 136 valence electrons. The Morgan fingerprint density at radius 3 is 2.81 bits per heavy atom. The molecule has 1 aromatic heterocycles. The maximum atomic E-state index is 13.1. The largest absolute Gasteiger partial charge is 0.497 e. The zero-order valence-electron chi connectivity index (χ0n) is 16.0. The molecular weight excluding hydrogens is 322 g/mol. The van der Waals surface area contributed by atoms with Crippen LogP contribution in [0, 0.1) is 18.8 Å². The highest BCUT2D eigenvalue weighted by Crippen LogP contribution is 2.31. The summed E-state index contributed by atoms with van der Waals surface area (Å²) in [6, 6.07) is 9.96. The van der Waals surface area contributed by atoms with Crippen molar-refractivity contribution in [1.82, 2.24) is 4.98 Å². The Hall–Kier alpha value is -2.55. The number of rotatable bonds is 6. The number of aromatic nitrogens is 1. The number of benzene rings is 1. The average molecular weight is 349 g/mol. The molecule has 1 N–H and O–H groups in total. The normalized spacial score (nSPS) is 18.1. The first-order chi connectivity index (χ1) is 12.5. The minimum atomic E-state index is -0.0919. The van der Waals surface area contributed by atoms with Gasteiger partial charge in [0.05, 0.1) is 7.11 Å². The number of nitrogens with one attached hydrogen (secondary N) is 1. The van der Waals surface area contributed by atoms with Crippen LogP contribution in [0.5, 0.6) is 0 Å². The van der Waals surface area contributed by atoms with Gasteiger partial charge in [-0.1, -0.05) is 38.1 Å². The van der Waals surface area contributed by atoms with E-state index in [4.69, 9.17) is 4.74 Å². The van der Waals surface area contributed by atoms with Gasteiger partial charge in [0.1, 0.15) is 5.76 Å². The second kappa shape index (κ2) is 7.77. The molecule has 2 aromatic rings. The molecule has 0 amide bonds. The summed E-state index contributed by atoms with van der Waals surface area (Å²) in [6.45, 7) is 6.21. The van der Waals surface area contributed by atoms with Crippen LogP contribution in [0.1, 0.15) is 42.6 Å². The van der Waals surface area contributed by atoms with Crippen molar-refractivity contribution in [2.75, 3.05) is 7.11 Å². The standard InChI is InChI=1S/C23H27NO2/c1-15-10-11-18(22(13-15)26-4)14-16(2)23(25)20-8-5-7-19(17(20)3)21-9-6-12-24-21/h5-9,11-13,15-16,24H,10,14H2,1-4H3/t15?,16-/m1/s1. The maximum Gasteiger partial charge on any atom is 0.166 e. The summed E-state index contributed by atoms with van der Waals surface area (Å²) in [7, 11) is 1.70. The SMILES string of the molecule is COC1=CC(C)CC=C1C[C@@H](C)C(=O)c1cccc(-c2ccc[nH]2)c1C. The molecule has 0 saturated heterocycles. The highest BCUT2D eigenvalue weighted by Gasteiger charge is 2.23. The minimum absolute atomic E-state index is 0.0919. The molecule has 2 atom stereocenters. The predicted octanol–water partition coefficient (Wildman–Crippen LogP) is 5.70. The van der Waals surface area contributed by atoms with Crippen LogP contribution in [0.4, 0.5) is 0 Å². The molecule has 1 heterocycles. The van der Waals surface area contributed by atoms with Gasteiger partial charge in [-0.3, -0.25) is 4.79 Å². The van der Waals surface area contributed by atoms with E-state index in [0.29, 0.717) is 12.3 Å². The Morgan fingerprint density at radius 2 is 2.12 bits per heavy atom. The number of hydrogen-bond acceptors (Lipinski definition) is 2. The fraction of sp³-hybridized carbons (Fsp3) is 0.348. The number of H-pyrrole nitrogens is 1. The quantitative estimate of drug-likeness (QED) is 0.680. The third kappa shape index (κ3) is 3.67. The number of ketones is 1. The molecule has 1 aromatic carbocycles. The van der Waals surface area contributed by atoms with Gasteiger partial charge in [-0.15, -0.1) is 0 Å². The second-order valence-electron chi connectivity index (χ2n) is 7.21. The number of allylic oxidation sites excluding steroid dienone is 3. The minimum Gasteiger partial charge on any atom is -0.497 e. The molecule has 1 aliphatic carbocycles. The van der Waals surface area contributed by atoms with Crippen molar-refractivity contribution in [3.05, 3.63) is 71.1 Å². The third-order valence-electron chi connectivity index (χ3n) is 5.17. The highest BCUT2D eigenvalue weighted by atomic mass is 16.5. The van der Waals surface area contributed by atoms with Gasteiger partial charge in [-0.05, 0) is 55.0 Å². The summed E-state index contributed by atoms with van der Waals surface area (Å²) in [5.74, 6) is 1.50. The Bertz CT molecular complexity index is 843. The Labute approximate surface area is 155 Å². The van der Waals surface area contributed by atoms with E-state index in [1.54, 1.807) is 7.11 Å². The van der Waals surface area contributed by atoms with Gasteiger partial charge in [-0.25, -0.2) is 0 Å². The summed E-state index contributed by atoms with van der Waals surface area (Å²) >= 11 is 0. The lowest BCUT2D eigenvalue weighted by Gasteiger charge is -2.21. The summed E-state index contributed by atoms with van der Waals surface area (Å²) in [6.07, 6.45) is 7.99. The van der Waals surface area contributed by atoms with Crippen LogP contribution in [-0.4, -0.2) is 17.9 Å². The zero-order chi connectivity index (χ0) is 18.7. The number of hydrogen-bond donors (Lipinski definition) is 1. The van der Waals surface area contributed by atoms with Gasteiger partial charge in [0.25, 0.3) is 0 Å². The van der Waals surface area contributed by atoms with Crippen molar-refractivity contribution >= 4 is 5.78 Å². The Kier molecular flexibility index (Phi) is 5.46. The number of carbonyl (C=O) groups is 1. The van der Waals surface area contributed by atoms with Crippen molar-refractivity contribution in [3.63, 3.8) is 0 Å². The lowest BCUT2D eigenvalue weighted by Crippen LogP contribution is -2.16. The molecule has 0 bridgehead atoms.